The average Bonchev–Trinajstić information content (AvgIpc) is 2.73. The van der Waals surface area contributed by atoms with Crippen molar-refractivity contribution in [2.24, 2.45) is 11.1 Å². The summed E-state index contributed by atoms with van der Waals surface area (Å²) >= 11 is 1.91. The molecule has 160 valence electrons. The molecule has 0 aliphatic heterocycles. The summed E-state index contributed by atoms with van der Waals surface area (Å²) in [5.41, 5.74) is 3.89. The van der Waals surface area contributed by atoms with E-state index in [1.54, 1.807) is 26.4 Å². The molecule has 2 aromatic rings. The topological polar surface area (TPSA) is 80.1 Å². The van der Waals surface area contributed by atoms with Gasteiger partial charge in [0.1, 0.15) is 17.2 Å². The number of nitrogens with zero attached hydrogens (tertiary/aromatic N) is 1. The largest absolute Gasteiger partial charge is 0.496 e. The summed E-state index contributed by atoms with van der Waals surface area (Å²) in [6, 6.07) is 5.15. The SMILES string of the molecule is CCCCC(SCCC(C)C)c1cc(OC)c2c(NO)ccc(N=O)c2c1OC. The second kappa shape index (κ2) is 11.3. The first-order valence-electron chi connectivity index (χ1n) is 10.1. The maximum atomic E-state index is 11.6. The fourth-order valence-electron chi connectivity index (χ4n) is 3.45. The zero-order chi connectivity index (χ0) is 21.4. The smallest absolute Gasteiger partial charge is 0.133 e. The molecular formula is C22H32N2O4S. The third kappa shape index (κ3) is 5.34. The molecule has 0 fully saturated rings. The van der Waals surface area contributed by atoms with Crippen LogP contribution in [0.5, 0.6) is 11.5 Å². The van der Waals surface area contributed by atoms with Gasteiger partial charge in [-0.25, -0.2) is 0 Å². The highest BCUT2D eigenvalue weighted by Crippen LogP contribution is 2.50. The third-order valence-electron chi connectivity index (χ3n) is 5.03. The van der Waals surface area contributed by atoms with Crippen molar-refractivity contribution in [3.63, 3.8) is 0 Å². The van der Waals surface area contributed by atoms with Gasteiger partial charge in [0.05, 0.1) is 30.7 Å². The number of benzene rings is 2. The molecule has 6 nitrogen and oxygen atoms in total. The minimum absolute atomic E-state index is 0.215. The Labute approximate surface area is 177 Å². The first-order chi connectivity index (χ1) is 14.0. The van der Waals surface area contributed by atoms with Crippen LogP contribution in [-0.4, -0.2) is 25.2 Å². The molecule has 7 heteroatoms. The third-order valence-corrected chi connectivity index (χ3v) is 6.39. The van der Waals surface area contributed by atoms with Crippen LogP contribution in [0.4, 0.5) is 11.4 Å². The highest BCUT2D eigenvalue weighted by molar-refractivity contribution is 7.99. The number of fused-ring (bicyclic) bond motifs is 1. The van der Waals surface area contributed by atoms with Gasteiger partial charge in [-0.2, -0.15) is 11.8 Å². The Kier molecular flexibility index (Phi) is 9.04. The molecule has 0 saturated carbocycles. The minimum Gasteiger partial charge on any atom is -0.496 e. The summed E-state index contributed by atoms with van der Waals surface area (Å²) in [5, 5.41) is 14.1. The number of unbranched alkanes of at least 4 members (excludes halogenated alkanes) is 1. The van der Waals surface area contributed by atoms with Gasteiger partial charge in [-0.15, -0.1) is 4.91 Å². The van der Waals surface area contributed by atoms with Crippen molar-refractivity contribution >= 4 is 33.9 Å². The molecule has 0 spiro atoms. The summed E-state index contributed by atoms with van der Waals surface area (Å²) < 4.78 is 11.5. The van der Waals surface area contributed by atoms with Gasteiger partial charge in [-0.1, -0.05) is 33.6 Å². The van der Waals surface area contributed by atoms with Gasteiger partial charge >= 0.3 is 0 Å². The number of nitrogens with one attached hydrogen (secondary N) is 1. The fourth-order valence-corrected chi connectivity index (χ4v) is 5.03. The second-order valence-corrected chi connectivity index (χ2v) is 8.78. The molecule has 0 radical (unpaired) electrons. The Bertz CT molecular complexity index is 826. The van der Waals surface area contributed by atoms with Crippen LogP contribution in [0.25, 0.3) is 10.8 Å². The lowest BCUT2D eigenvalue weighted by Crippen LogP contribution is -2.04. The van der Waals surface area contributed by atoms with Gasteiger partial charge in [-0.3, -0.25) is 10.7 Å². The summed E-state index contributed by atoms with van der Waals surface area (Å²) in [6.45, 7) is 6.64. The number of hydrogen-bond acceptors (Lipinski definition) is 7. The normalized spacial score (nSPS) is 12.2. The summed E-state index contributed by atoms with van der Waals surface area (Å²) in [7, 11) is 3.19. The Morgan fingerprint density at radius 1 is 1.17 bits per heavy atom. The highest BCUT2D eigenvalue weighted by atomic mass is 32.2. The van der Waals surface area contributed by atoms with Gasteiger partial charge in [0.15, 0.2) is 0 Å². The van der Waals surface area contributed by atoms with Gasteiger partial charge < -0.3 is 9.47 Å². The summed E-state index contributed by atoms with van der Waals surface area (Å²) in [6.07, 6.45) is 4.35. The predicted molar refractivity (Wildman–Crippen MR) is 122 cm³/mol. The monoisotopic (exact) mass is 420 g/mol. The van der Waals surface area contributed by atoms with Crippen molar-refractivity contribution in [2.45, 2.75) is 51.7 Å². The summed E-state index contributed by atoms with van der Waals surface area (Å²) in [4.78, 5) is 11.6. The quantitative estimate of drug-likeness (QED) is 0.282. The Morgan fingerprint density at radius 3 is 2.48 bits per heavy atom. The van der Waals surface area contributed by atoms with Crippen molar-refractivity contribution < 1.29 is 14.7 Å². The number of rotatable bonds is 12. The molecule has 0 aliphatic rings. The van der Waals surface area contributed by atoms with E-state index in [4.69, 9.17) is 9.47 Å². The van der Waals surface area contributed by atoms with E-state index in [1.807, 2.05) is 17.8 Å². The number of thioether (sulfide) groups is 1. The number of nitroso groups, excluding NO2 is 1. The minimum atomic E-state index is 0.215. The molecule has 0 bridgehead atoms. The van der Waals surface area contributed by atoms with Gasteiger partial charge in [-0.05, 0) is 47.9 Å². The van der Waals surface area contributed by atoms with Crippen LogP contribution in [0, 0.1) is 10.8 Å². The number of anilines is 1. The molecule has 0 amide bonds. The lowest BCUT2D eigenvalue weighted by atomic mass is 9.97. The van der Waals surface area contributed by atoms with Crippen LogP contribution in [0.15, 0.2) is 23.4 Å². The molecule has 1 unspecified atom stereocenters. The molecular weight excluding hydrogens is 388 g/mol. The number of methoxy groups -OCH3 is 2. The van der Waals surface area contributed by atoms with Crippen LogP contribution in [0.1, 0.15) is 57.3 Å². The van der Waals surface area contributed by atoms with Gasteiger partial charge in [0, 0.05) is 10.8 Å². The van der Waals surface area contributed by atoms with E-state index in [1.165, 1.54) is 0 Å². The van der Waals surface area contributed by atoms with E-state index in [-0.39, 0.29) is 10.9 Å². The zero-order valence-corrected chi connectivity index (χ0v) is 18.8. The van der Waals surface area contributed by atoms with Crippen LogP contribution < -0.4 is 15.0 Å². The Morgan fingerprint density at radius 2 is 1.93 bits per heavy atom. The van der Waals surface area contributed by atoms with E-state index >= 15 is 0 Å². The first kappa shape index (κ1) is 23.3. The van der Waals surface area contributed by atoms with Crippen LogP contribution >= 0.6 is 11.8 Å². The van der Waals surface area contributed by atoms with Crippen LogP contribution in [0.3, 0.4) is 0 Å². The highest BCUT2D eigenvalue weighted by Gasteiger charge is 2.25. The lowest BCUT2D eigenvalue weighted by molar-refractivity contribution is 0.388. The van der Waals surface area contributed by atoms with Gasteiger partial charge in [0.2, 0.25) is 0 Å². The average molecular weight is 421 g/mol. The molecule has 0 aromatic heterocycles. The van der Waals surface area contributed by atoms with Gasteiger partial charge in [0.25, 0.3) is 0 Å². The molecule has 2 rings (SSSR count). The van der Waals surface area contributed by atoms with Crippen molar-refractivity contribution in [3.05, 3.63) is 28.7 Å². The second-order valence-electron chi connectivity index (χ2n) is 7.47. The number of ether oxygens (including phenoxy) is 2. The molecule has 0 heterocycles. The zero-order valence-electron chi connectivity index (χ0n) is 17.9. The molecule has 0 aliphatic carbocycles. The number of hydrogen-bond donors (Lipinski definition) is 2. The first-order valence-corrected chi connectivity index (χ1v) is 11.1. The maximum absolute atomic E-state index is 11.6. The predicted octanol–water partition coefficient (Wildman–Crippen LogP) is 7.07. The molecule has 0 saturated heterocycles. The van der Waals surface area contributed by atoms with Crippen molar-refractivity contribution in [1.29, 1.82) is 0 Å². The van der Waals surface area contributed by atoms with E-state index in [0.717, 1.165) is 37.0 Å². The van der Waals surface area contributed by atoms with Crippen molar-refractivity contribution in [2.75, 3.05) is 25.5 Å². The molecule has 2 aromatic carbocycles. The van der Waals surface area contributed by atoms with E-state index in [9.17, 15) is 10.1 Å². The summed E-state index contributed by atoms with van der Waals surface area (Å²) in [5.74, 6) is 2.88. The maximum Gasteiger partial charge on any atom is 0.133 e. The molecule has 1 atom stereocenters. The standard InChI is InChI=1S/C22H32N2O4S/c1-6-7-8-19(29-12-11-14(2)3)15-13-18(27-4)20-16(23-25)9-10-17(24-26)21(20)22(15)28-5/h9-10,13-14,19,23,25H,6-8,11-12H2,1-5H3. The van der Waals surface area contributed by atoms with E-state index in [2.05, 4.69) is 31.4 Å². The molecule has 29 heavy (non-hydrogen) atoms. The van der Waals surface area contributed by atoms with E-state index < -0.39 is 0 Å². The molecule has 2 N–H and O–H groups in total. The van der Waals surface area contributed by atoms with Crippen LogP contribution in [0.2, 0.25) is 0 Å². The fraction of sp³-hybridized carbons (Fsp3) is 0.545. The van der Waals surface area contributed by atoms with Crippen molar-refractivity contribution in [1.82, 2.24) is 0 Å². The van der Waals surface area contributed by atoms with Crippen molar-refractivity contribution in [3.8, 4) is 11.5 Å². The Hall–Kier alpha value is -1.99. The Balaban J connectivity index is 2.70. The van der Waals surface area contributed by atoms with Crippen LogP contribution in [-0.2, 0) is 0 Å². The van der Waals surface area contributed by atoms with E-state index in [0.29, 0.717) is 33.9 Å². The lowest BCUT2D eigenvalue weighted by Gasteiger charge is -2.23.